The fraction of sp³-hybridized carbons (Fsp3) is 0.118. The molecule has 0 aliphatic carbocycles. The van der Waals surface area contributed by atoms with Crippen LogP contribution in [0.5, 0.6) is 0 Å². The van der Waals surface area contributed by atoms with E-state index in [0.717, 1.165) is 5.39 Å². The van der Waals surface area contributed by atoms with Crippen LogP contribution in [0.2, 0.25) is 0 Å². The number of hydrogen-bond donors (Lipinski definition) is 2. The zero-order valence-electron chi connectivity index (χ0n) is 12.5. The summed E-state index contributed by atoms with van der Waals surface area (Å²) in [5, 5.41) is 10.2. The molecule has 2 amide bonds. The van der Waals surface area contributed by atoms with Crippen LogP contribution in [-0.2, 0) is 16.0 Å². The number of carbonyl (C=O) groups is 2. The number of aromatic nitrogens is 1. The maximum atomic E-state index is 12.1. The summed E-state index contributed by atoms with van der Waals surface area (Å²) in [7, 11) is 0. The first kappa shape index (κ1) is 14.8. The second kappa shape index (κ2) is 6.31. The molecule has 1 aromatic heterocycles. The SMILES string of the molecule is CC(=O)Nc1ccc(NC(=O)Cc2noc3ccccc23)cc1. The first-order chi connectivity index (χ1) is 11.1. The molecule has 1 heterocycles. The van der Waals surface area contributed by atoms with Crippen LogP contribution < -0.4 is 10.6 Å². The Morgan fingerprint density at radius 2 is 1.65 bits per heavy atom. The number of rotatable bonds is 4. The van der Waals surface area contributed by atoms with Crippen LogP contribution in [0.15, 0.2) is 53.1 Å². The van der Waals surface area contributed by atoms with Crippen molar-refractivity contribution in [2.24, 2.45) is 0 Å². The monoisotopic (exact) mass is 309 g/mol. The van der Waals surface area contributed by atoms with E-state index in [0.29, 0.717) is 22.7 Å². The molecule has 0 saturated heterocycles. The molecule has 2 aromatic carbocycles. The number of nitrogens with zero attached hydrogens (tertiary/aromatic N) is 1. The smallest absolute Gasteiger partial charge is 0.230 e. The van der Waals surface area contributed by atoms with Crippen LogP contribution in [0.1, 0.15) is 12.6 Å². The van der Waals surface area contributed by atoms with E-state index in [1.165, 1.54) is 6.92 Å². The molecule has 0 aliphatic heterocycles. The third-order valence-corrected chi connectivity index (χ3v) is 3.27. The van der Waals surface area contributed by atoms with Crippen molar-refractivity contribution in [1.82, 2.24) is 5.16 Å². The predicted octanol–water partition coefficient (Wildman–Crippen LogP) is 2.97. The van der Waals surface area contributed by atoms with E-state index in [2.05, 4.69) is 15.8 Å². The maximum Gasteiger partial charge on any atom is 0.230 e. The molecule has 0 fully saturated rings. The van der Waals surface area contributed by atoms with Crippen molar-refractivity contribution in [2.75, 3.05) is 10.6 Å². The van der Waals surface area contributed by atoms with E-state index in [9.17, 15) is 9.59 Å². The zero-order valence-corrected chi connectivity index (χ0v) is 12.5. The lowest BCUT2D eigenvalue weighted by Gasteiger charge is -2.06. The Morgan fingerprint density at radius 1 is 1.00 bits per heavy atom. The number of anilines is 2. The summed E-state index contributed by atoms with van der Waals surface area (Å²) >= 11 is 0. The number of amides is 2. The van der Waals surface area contributed by atoms with E-state index in [4.69, 9.17) is 4.52 Å². The van der Waals surface area contributed by atoms with Crippen LogP contribution in [0, 0.1) is 0 Å². The van der Waals surface area contributed by atoms with Crippen molar-refractivity contribution in [3.8, 4) is 0 Å². The second-order valence-corrected chi connectivity index (χ2v) is 5.11. The standard InChI is InChI=1S/C17H15N3O3/c1-11(21)18-12-6-8-13(9-7-12)19-17(22)10-15-14-4-2-3-5-16(14)23-20-15/h2-9H,10H2,1H3,(H,18,21)(H,19,22). The molecular weight excluding hydrogens is 294 g/mol. The number of para-hydroxylation sites is 1. The molecule has 3 aromatic rings. The van der Waals surface area contributed by atoms with Gasteiger partial charge in [-0.1, -0.05) is 17.3 Å². The Hall–Kier alpha value is -3.15. The van der Waals surface area contributed by atoms with Crippen LogP contribution >= 0.6 is 0 Å². The number of hydrogen-bond acceptors (Lipinski definition) is 4. The summed E-state index contributed by atoms with van der Waals surface area (Å²) < 4.78 is 5.18. The highest BCUT2D eigenvalue weighted by Gasteiger charge is 2.12. The summed E-state index contributed by atoms with van der Waals surface area (Å²) in [6.45, 7) is 1.44. The minimum Gasteiger partial charge on any atom is -0.356 e. The summed E-state index contributed by atoms with van der Waals surface area (Å²) in [4.78, 5) is 23.1. The molecule has 0 unspecified atom stereocenters. The van der Waals surface area contributed by atoms with Gasteiger partial charge in [-0.15, -0.1) is 0 Å². The van der Waals surface area contributed by atoms with Crippen LogP contribution in [0.3, 0.4) is 0 Å². The van der Waals surface area contributed by atoms with Gasteiger partial charge in [0.1, 0.15) is 5.69 Å². The molecule has 6 heteroatoms. The molecule has 0 aliphatic rings. The Morgan fingerprint density at radius 3 is 2.35 bits per heavy atom. The molecule has 23 heavy (non-hydrogen) atoms. The molecule has 6 nitrogen and oxygen atoms in total. The van der Waals surface area contributed by atoms with Gasteiger partial charge in [-0.25, -0.2) is 0 Å². The van der Waals surface area contributed by atoms with Gasteiger partial charge < -0.3 is 15.2 Å². The lowest BCUT2D eigenvalue weighted by Crippen LogP contribution is -2.14. The number of benzene rings is 2. The van der Waals surface area contributed by atoms with Crippen LogP contribution in [0.25, 0.3) is 11.0 Å². The molecule has 116 valence electrons. The molecule has 0 bridgehead atoms. The highest BCUT2D eigenvalue weighted by Crippen LogP contribution is 2.19. The normalized spacial score (nSPS) is 10.5. The number of nitrogens with one attached hydrogen (secondary N) is 2. The van der Waals surface area contributed by atoms with Gasteiger partial charge in [-0.05, 0) is 36.4 Å². The Bertz CT molecular complexity index is 853. The van der Waals surface area contributed by atoms with Crippen molar-refractivity contribution in [3.63, 3.8) is 0 Å². The van der Waals surface area contributed by atoms with Crippen molar-refractivity contribution in [1.29, 1.82) is 0 Å². The summed E-state index contributed by atoms with van der Waals surface area (Å²) in [6.07, 6.45) is 0.129. The van der Waals surface area contributed by atoms with Crippen LogP contribution in [-0.4, -0.2) is 17.0 Å². The fourth-order valence-corrected chi connectivity index (χ4v) is 2.26. The molecular formula is C17H15N3O3. The van der Waals surface area contributed by atoms with E-state index in [1.54, 1.807) is 24.3 Å². The maximum absolute atomic E-state index is 12.1. The van der Waals surface area contributed by atoms with Crippen molar-refractivity contribution in [3.05, 3.63) is 54.2 Å². The van der Waals surface area contributed by atoms with Gasteiger partial charge in [-0.2, -0.15) is 0 Å². The van der Waals surface area contributed by atoms with Gasteiger partial charge >= 0.3 is 0 Å². The first-order valence-electron chi connectivity index (χ1n) is 7.12. The van der Waals surface area contributed by atoms with E-state index < -0.39 is 0 Å². The minimum absolute atomic E-state index is 0.129. The topological polar surface area (TPSA) is 84.2 Å². The van der Waals surface area contributed by atoms with Gasteiger partial charge in [0.05, 0.1) is 6.42 Å². The molecule has 2 N–H and O–H groups in total. The van der Waals surface area contributed by atoms with Gasteiger partial charge in [0, 0.05) is 23.7 Å². The summed E-state index contributed by atoms with van der Waals surface area (Å²) in [6, 6.07) is 14.3. The van der Waals surface area contributed by atoms with Crippen molar-refractivity contribution >= 4 is 34.2 Å². The molecule has 0 radical (unpaired) electrons. The third-order valence-electron chi connectivity index (χ3n) is 3.27. The number of fused-ring (bicyclic) bond motifs is 1. The quantitative estimate of drug-likeness (QED) is 0.776. The highest BCUT2D eigenvalue weighted by molar-refractivity contribution is 5.95. The van der Waals surface area contributed by atoms with E-state index in [-0.39, 0.29) is 18.2 Å². The van der Waals surface area contributed by atoms with Gasteiger partial charge in [0.2, 0.25) is 11.8 Å². The summed E-state index contributed by atoms with van der Waals surface area (Å²) in [5.74, 6) is -0.323. The van der Waals surface area contributed by atoms with Crippen molar-refractivity contribution < 1.29 is 14.1 Å². The molecule has 0 saturated carbocycles. The average molecular weight is 309 g/mol. The fourth-order valence-electron chi connectivity index (χ4n) is 2.26. The Balaban J connectivity index is 1.66. The third kappa shape index (κ3) is 3.55. The lowest BCUT2D eigenvalue weighted by molar-refractivity contribution is -0.116. The Kier molecular flexibility index (Phi) is 4.05. The van der Waals surface area contributed by atoms with E-state index >= 15 is 0 Å². The Labute approximate surface area is 132 Å². The van der Waals surface area contributed by atoms with Gasteiger partial charge in [-0.3, -0.25) is 9.59 Å². The molecule has 3 rings (SSSR count). The highest BCUT2D eigenvalue weighted by atomic mass is 16.5. The van der Waals surface area contributed by atoms with Gasteiger partial charge in [0.25, 0.3) is 0 Å². The van der Waals surface area contributed by atoms with E-state index in [1.807, 2.05) is 24.3 Å². The molecule has 0 spiro atoms. The molecule has 0 atom stereocenters. The average Bonchev–Trinajstić information content (AvgIpc) is 2.92. The van der Waals surface area contributed by atoms with Crippen molar-refractivity contribution in [2.45, 2.75) is 13.3 Å². The largest absolute Gasteiger partial charge is 0.356 e. The first-order valence-corrected chi connectivity index (χ1v) is 7.12. The summed E-state index contributed by atoms with van der Waals surface area (Å²) in [5.41, 5.74) is 2.60. The van der Waals surface area contributed by atoms with Gasteiger partial charge in [0.15, 0.2) is 5.58 Å². The predicted molar refractivity (Wildman–Crippen MR) is 87.1 cm³/mol. The zero-order chi connectivity index (χ0) is 16.2. The number of carbonyl (C=O) groups excluding carboxylic acids is 2. The second-order valence-electron chi connectivity index (χ2n) is 5.11. The lowest BCUT2D eigenvalue weighted by atomic mass is 10.1. The van der Waals surface area contributed by atoms with Crippen LogP contribution in [0.4, 0.5) is 11.4 Å². The minimum atomic E-state index is -0.184.